The number of nitrogens with zero attached hydrogens (tertiary/aromatic N) is 1. The summed E-state index contributed by atoms with van der Waals surface area (Å²) >= 11 is 7.11. The summed E-state index contributed by atoms with van der Waals surface area (Å²) in [6, 6.07) is 25.0. The summed E-state index contributed by atoms with van der Waals surface area (Å²) in [6.07, 6.45) is 0. The summed E-state index contributed by atoms with van der Waals surface area (Å²) in [6.45, 7) is 1.90. The lowest BCUT2D eigenvalue weighted by Gasteiger charge is -2.31. The number of halogens is 2. The summed E-state index contributed by atoms with van der Waals surface area (Å²) in [7, 11) is -4.34. The molecule has 39 heavy (non-hydrogen) atoms. The third-order valence-corrected chi connectivity index (χ3v) is 8.73. The average molecular weight is 563 g/mol. The van der Waals surface area contributed by atoms with Crippen molar-refractivity contribution in [3.8, 4) is 0 Å². The maximum Gasteiger partial charge on any atom is 0.255 e. The van der Waals surface area contributed by atoms with Crippen molar-refractivity contribution in [3.05, 3.63) is 131 Å². The van der Waals surface area contributed by atoms with Gasteiger partial charge >= 0.3 is 0 Å². The number of sulfonamides is 1. The van der Waals surface area contributed by atoms with Gasteiger partial charge in [0.25, 0.3) is 5.91 Å². The van der Waals surface area contributed by atoms with Crippen LogP contribution in [0.3, 0.4) is 0 Å². The van der Waals surface area contributed by atoms with E-state index in [0.717, 1.165) is 17.2 Å². The maximum atomic E-state index is 14.6. The van der Waals surface area contributed by atoms with Crippen LogP contribution in [-0.2, 0) is 26.2 Å². The zero-order chi connectivity index (χ0) is 27.8. The average Bonchev–Trinajstić information content (AvgIpc) is 3.14. The predicted molar refractivity (Wildman–Crippen MR) is 148 cm³/mol. The lowest BCUT2D eigenvalue weighted by molar-refractivity contribution is -0.121. The van der Waals surface area contributed by atoms with E-state index in [9.17, 15) is 22.4 Å². The Kier molecular flexibility index (Phi) is 7.11. The highest BCUT2D eigenvalue weighted by molar-refractivity contribution is 7.89. The lowest BCUT2D eigenvalue weighted by Crippen LogP contribution is -2.56. The number of aryl methyl sites for hydroxylation is 1. The fourth-order valence-corrected chi connectivity index (χ4v) is 6.38. The summed E-state index contributed by atoms with van der Waals surface area (Å²) in [5.74, 6) is -2.15. The van der Waals surface area contributed by atoms with E-state index < -0.39 is 38.4 Å². The van der Waals surface area contributed by atoms with E-state index >= 15 is 0 Å². The molecular formula is C30H24ClFN2O4S. The molecule has 0 bridgehead atoms. The number of fused-ring (bicyclic) bond motifs is 1. The first-order valence-electron chi connectivity index (χ1n) is 12.1. The molecule has 0 spiro atoms. The summed E-state index contributed by atoms with van der Waals surface area (Å²) in [4.78, 5) is 27.0. The zero-order valence-corrected chi connectivity index (χ0v) is 22.4. The minimum atomic E-state index is -4.34. The molecule has 9 heteroatoms. The number of Topliss-reactive ketones (excluding diaryl/α,β-unsaturated/α-hetero) is 1. The summed E-state index contributed by atoms with van der Waals surface area (Å²) in [5.41, 5.74) is 2.05. The van der Waals surface area contributed by atoms with Gasteiger partial charge in [0.05, 0.1) is 11.4 Å². The lowest BCUT2D eigenvalue weighted by atomic mass is 9.87. The third-order valence-electron chi connectivity index (χ3n) is 6.70. The third kappa shape index (κ3) is 4.98. The molecule has 4 aromatic carbocycles. The smallest absolute Gasteiger partial charge is 0.255 e. The van der Waals surface area contributed by atoms with Crippen LogP contribution in [0.5, 0.6) is 0 Å². The van der Waals surface area contributed by atoms with E-state index in [1.807, 2.05) is 37.3 Å². The molecule has 4 aromatic rings. The van der Waals surface area contributed by atoms with Crippen molar-refractivity contribution in [1.82, 2.24) is 4.72 Å². The highest BCUT2D eigenvalue weighted by atomic mass is 35.5. The number of rotatable bonds is 8. The fourth-order valence-electron chi connectivity index (χ4n) is 4.68. The Morgan fingerprint density at radius 1 is 0.949 bits per heavy atom. The molecule has 2 atom stereocenters. The predicted octanol–water partition coefficient (Wildman–Crippen LogP) is 5.35. The van der Waals surface area contributed by atoms with Crippen LogP contribution in [0.15, 0.2) is 108 Å². The van der Waals surface area contributed by atoms with Gasteiger partial charge in [-0.15, -0.1) is 11.6 Å². The van der Waals surface area contributed by atoms with Crippen LogP contribution in [0.2, 0.25) is 0 Å². The Morgan fingerprint density at radius 2 is 1.56 bits per heavy atom. The molecule has 5 rings (SSSR count). The van der Waals surface area contributed by atoms with Crippen LogP contribution < -0.4 is 9.62 Å². The zero-order valence-electron chi connectivity index (χ0n) is 20.8. The van der Waals surface area contributed by atoms with Crippen molar-refractivity contribution < 1.29 is 22.4 Å². The number of carbonyl (C=O) groups is 2. The van der Waals surface area contributed by atoms with Gasteiger partial charge in [0.15, 0.2) is 10.7 Å². The first-order chi connectivity index (χ1) is 18.6. The number of amides is 1. The van der Waals surface area contributed by atoms with Crippen LogP contribution in [0.4, 0.5) is 10.1 Å². The van der Waals surface area contributed by atoms with Crippen LogP contribution >= 0.6 is 11.6 Å². The fraction of sp³-hybridized carbons (Fsp3) is 0.133. The first kappa shape index (κ1) is 26.7. The van der Waals surface area contributed by atoms with Gasteiger partial charge in [-0.25, -0.2) is 12.8 Å². The van der Waals surface area contributed by atoms with Crippen molar-refractivity contribution in [2.75, 3.05) is 4.90 Å². The van der Waals surface area contributed by atoms with Crippen molar-refractivity contribution in [3.63, 3.8) is 0 Å². The van der Waals surface area contributed by atoms with E-state index in [-0.39, 0.29) is 22.6 Å². The molecule has 1 amide bonds. The van der Waals surface area contributed by atoms with Crippen LogP contribution in [-0.4, -0.2) is 26.2 Å². The van der Waals surface area contributed by atoms with Gasteiger partial charge in [0.1, 0.15) is 11.9 Å². The molecule has 0 radical (unpaired) electrons. The van der Waals surface area contributed by atoms with E-state index in [2.05, 4.69) is 4.72 Å². The van der Waals surface area contributed by atoms with Gasteiger partial charge in [-0.05, 0) is 42.8 Å². The summed E-state index contributed by atoms with van der Waals surface area (Å²) in [5, 5.41) is 0. The maximum absolute atomic E-state index is 14.6. The standard InChI is InChI=1S/C30H24ClFN2O4S/c1-20-12-15-24(16-13-20)39(37,38)33-28(27(35)22-10-6-3-7-11-22)30(31)25-18-23(32)14-17-26(25)34(29(30)36)19-21-8-4-2-5-9-21/h2-18,28,33H,19H2,1H3/t28?,30-/m1/s1. The van der Waals surface area contributed by atoms with Crippen molar-refractivity contribution in [1.29, 1.82) is 0 Å². The molecule has 0 saturated carbocycles. The molecule has 1 aliphatic heterocycles. The van der Waals surface area contributed by atoms with Crippen molar-refractivity contribution in [2.45, 2.75) is 29.3 Å². The van der Waals surface area contributed by atoms with Gasteiger partial charge < -0.3 is 4.90 Å². The highest BCUT2D eigenvalue weighted by Crippen LogP contribution is 2.49. The second-order valence-corrected chi connectivity index (χ2v) is 11.7. The Balaban J connectivity index is 1.66. The highest BCUT2D eigenvalue weighted by Gasteiger charge is 2.58. The minimum Gasteiger partial charge on any atom is -0.306 e. The molecule has 0 saturated heterocycles. The quantitative estimate of drug-likeness (QED) is 0.232. The number of hydrogen-bond acceptors (Lipinski definition) is 4. The molecule has 6 nitrogen and oxygen atoms in total. The second kappa shape index (κ2) is 10.4. The molecule has 0 fully saturated rings. The number of nitrogens with one attached hydrogen (secondary N) is 1. The molecule has 1 unspecified atom stereocenters. The molecule has 198 valence electrons. The minimum absolute atomic E-state index is 0.00554. The SMILES string of the molecule is Cc1ccc(S(=O)(=O)NC(C(=O)c2ccccc2)[C@@]2(Cl)C(=O)N(Cc3ccccc3)c3ccc(F)cc32)cc1. The van der Waals surface area contributed by atoms with Gasteiger partial charge in [0, 0.05) is 16.8 Å². The van der Waals surface area contributed by atoms with Crippen LogP contribution in [0.1, 0.15) is 27.0 Å². The topological polar surface area (TPSA) is 83.5 Å². The molecule has 0 aromatic heterocycles. The largest absolute Gasteiger partial charge is 0.306 e. The Bertz CT molecular complexity index is 1650. The molecular weight excluding hydrogens is 539 g/mol. The normalized spacial score (nSPS) is 17.6. The monoisotopic (exact) mass is 562 g/mol. The number of carbonyl (C=O) groups excluding carboxylic acids is 2. The number of alkyl halides is 1. The van der Waals surface area contributed by atoms with Crippen LogP contribution in [0.25, 0.3) is 0 Å². The van der Waals surface area contributed by atoms with Gasteiger partial charge in [-0.1, -0.05) is 78.4 Å². The number of anilines is 1. The van der Waals surface area contributed by atoms with E-state index in [1.54, 1.807) is 30.3 Å². The van der Waals surface area contributed by atoms with E-state index in [4.69, 9.17) is 11.6 Å². The summed E-state index contributed by atoms with van der Waals surface area (Å²) < 4.78 is 44.1. The first-order valence-corrected chi connectivity index (χ1v) is 14.0. The van der Waals surface area contributed by atoms with Crippen molar-refractivity contribution >= 4 is 39.0 Å². The van der Waals surface area contributed by atoms with Crippen molar-refractivity contribution in [2.24, 2.45) is 0 Å². The van der Waals surface area contributed by atoms with Gasteiger partial charge in [-0.3, -0.25) is 9.59 Å². The van der Waals surface area contributed by atoms with E-state index in [0.29, 0.717) is 5.69 Å². The Labute approximate surface area is 231 Å². The van der Waals surface area contributed by atoms with Gasteiger partial charge in [-0.2, -0.15) is 4.72 Å². The molecule has 0 aliphatic carbocycles. The van der Waals surface area contributed by atoms with Crippen LogP contribution in [0, 0.1) is 12.7 Å². The number of benzene rings is 4. The molecule has 1 N–H and O–H groups in total. The molecule has 1 aliphatic rings. The van der Waals surface area contributed by atoms with Gasteiger partial charge in [0.2, 0.25) is 10.0 Å². The number of ketones is 1. The Hall–Kier alpha value is -3.85. The molecule has 1 heterocycles. The van der Waals surface area contributed by atoms with E-state index in [1.165, 1.54) is 41.3 Å². The Morgan fingerprint density at radius 3 is 2.21 bits per heavy atom. The number of hydrogen-bond donors (Lipinski definition) is 1. The second-order valence-electron chi connectivity index (χ2n) is 9.35.